The lowest BCUT2D eigenvalue weighted by atomic mass is 10.1. The SMILES string of the molecule is CC(C)[NH+]1CC=C(NNC(=O)c2cccc([N+](=O)[O-])c2)CC1. The van der Waals surface area contributed by atoms with Crippen LogP contribution in [-0.4, -0.2) is 30.0 Å². The van der Waals surface area contributed by atoms with E-state index in [9.17, 15) is 14.9 Å². The molecule has 7 nitrogen and oxygen atoms in total. The van der Waals surface area contributed by atoms with Gasteiger partial charge in [0.2, 0.25) is 0 Å². The molecule has 0 bridgehead atoms. The molecule has 3 N–H and O–H groups in total. The van der Waals surface area contributed by atoms with E-state index in [2.05, 4.69) is 30.8 Å². The highest BCUT2D eigenvalue weighted by atomic mass is 16.6. The van der Waals surface area contributed by atoms with Crippen molar-refractivity contribution in [3.63, 3.8) is 0 Å². The minimum absolute atomic E-state index is 0.0966. The predicted octanol–water partition coefficient (Wildman–Crippen LogP) is 0.410. The fourth-order valence-corrected chi connectivity index (χ4v) is 2.36. The van der Waals surface area contributed by atoms with Crippen molar-refractivity contribution >= 4 is 11.6 Å². The summed E-state index contributed by atoms with van der Waals surface area (Å²) in [6, 6.07) is 6.24. The molecule has 1 atom stereocenters. The first-order valence-electron chi connectivity index (χ1n) is 7.32. The van der Waals surface area contributed by atoms with E-state index in [4.69, 9.17) is 0 Å². The predicted molar refractivity (Wildman–Crippen MR) is 82.2 cm³/mol. The molecule has 0 aliphatic carbocycles. The largest absolute Gasteiger partial charge is 0.329 e. The van der Waals surface area contributed by atoms with E-state index in [0.717, 1.165) is 25.2 Å². The number of carbonyl (C=O) groups excluding carboxylic acids is 1. The van der Waals surface area contributed by atoms with Crippen LogP contribution in [-0.2, 0) is 0 Å². The third-order valence-electron chi connectivity index (χ3n) is 3.80. The molecule has 7 heteroatoms. The number of benzene rings is 1. The molecular formula is C15H21N4O3+. The molecule has 22 heavy (non-hydrogen) atoms. The topological polar surface area (TPSA) is 88.7 Å². The second kappa shape index (κ2) is 7.04. The van der Waals surface area contributed by atoms with Gasteiger partial charge in [-0.15, -0.1) is 0 Å². The lowest BCUT2D eigenvalue weighted by Gasteiger charge is -2.27. The van der Waals surface area contributed by atoms with E-state index in [0.29, 0.717) is 6.04 Å². The standard InChI is InChI=1S/C15H20N4O3/c1-11(2)18-8-6-13(7-9-18)16-17-15(20)12-4-3-5-14(10-12)19(21)22/h3-6,10-11,16H,7-9H2,1-2H3,(H,17,20)/p+1. The zero-order valence-electron chi connectivity index (χ0n) is 12.8. The minimum Gasteiger partial charge on any atom is -0.329 e. The van der Waals surface area contributed by atoms with Gasteiger partial charge in [0.05, 0.1) is 24.1 Å². The van der Waals surface area contributed by atoms with Crippen LogP contribution < -0.4 is 15.8 Å². The summed E-state index contributed by atoms with van der Waals surface area (Å²) in [5.74, 6) is -0.386. The van der Waals surface area contributed by atoms with Crippen LogP contribution in [0.25, 0.3) is 0 Å². The molecule has 0 saturated carbocycles. The Bertz CT molecular complexity index is 598. The molecule has 0 aromatic heterocycles. The first-order valence-corrected chi connectivity index (χ1v) is 7.32. The van der Waals surface area contributed by atoms with Crippen LogP contribution in [0.1, 0.15) is 30.6 Å². The monoisotopic (exact) mass is 305 g/mol. The summed E-state index contributed by atoms with van der Waals surface area (Å²) in [5, 5.41) is 10.7. The highest BCUT2D eigenvalue weighted by Gasteiger charge is 2.18. The van der Waals surface area contributed by atoms with Crippen molar-refractivity contribution in [2.75, 3.05) is 13.1 Å². The second-order valence-electron chi connectivity index (χ2n) is 5.63. The van der Waals surface area contributed by atoms with Gasteiger partial charge in [-0.1, -0.05) is 6.07 Å². The maximum absolute atomic E-state index is 12.0. The zero-order chi connectivity index (χ0) is 16.1. The number of nitrogens with one attached hydrogen (secondary N) is 3. The summed E-state index contributed by atoms with van der Waals surface area (Å²) in [6.07, 6.45) is 2.94. The Kier molecular flexibility index (Phi) is 5.11. The highest BCUT2D eigenvalue weighted by molar-refractivity contribution is 5.94. The lowest BCUT2D eigenvalue weighted by Crippen LogP contribution is -3.15. The van der Waals surface area contributed by atoms with E-state index in [1.807, 2.05) is 0 Å². The number of rotatable bonds is 5. The maximum atomic E-state index is 12.0. The molecule has 1 unspecified atom stereocenters. The zero-order valence-corrected chi connectivity index (χ0v) is 12.8. The van der Waals surface area contributed by atoms with Crippen LogP contribution in [0.3, 0.4) is 0 Å². The molecule has 1 aliphatic rings. The Morgan fingerprint density at radius 3 is 2.77 bits per heavy atom. The molecule has 0 saturated heterocycles. The summed E-state index contributed by atoms with van der Waals surface area (Å²) in [5.41, 5.74) is 6.63. The first kappa shape index (κ1) is 16.0. The van der Waals surface area contributed by atoms with Gasteiger partial charge in [-0.05, 0) is 26.0 Å². The van der Waals surface area contributed by atoms with Crippen LogP contribution in [0.15, 0.2) is 36.0 Å². The average Bonchev–Trinajstić information content (AvgIpc) is 2.53. The normalized spacial score (nSPS) is 17.8. The summed E-state index contributed by atoms with van der Waals surface area (Å²) < 4.78 is 0. The van der Waals surface area contributed by atoms with Crippen molar-refractivity contribution in [1.82, 2.24) is 10.9 Å². The first-order chi connectivity index (χ1) is 10.5. The van der Waals surface area contributed by atoms with Gasteiger partial charge < -0.3 is 10.3 Å². The fraction of sp³-hybridized carbons (Fsp3) is 0.400. The Hall–Kier alpha value is -2.41. The van der Waals surface area contributed by atoms with E-state index in [1.54, 1.807) is 6.07 Å². The van der Waals surface area contributed by atoms with Gasteiger partial charge in [-0.2, -0.15) is 0 Å². The Morgan fingerprint density at radius 1 is 1.41 bits per heavy atom. The fourth-order valence-electron chi connectivity index (χ4n) is 2.36. The van der Waals surface area contributed by atoms with E-state index in [1.165, 1.54) is 23.1 Å². The van der Waals surface area contributed by atoms with Crippen LogP contribution in [0.4, 0.5) is 5.69 Å². The molecule has 2 rings (SSSR count). The molecule has 1 aromatic carbocycles. The number of hydrogen-bond acceptors (Lipinski definition) is 4. The number of hydrazine groups is 1. The quantitative estimate of drug-likeness (QED) is 0.543. The highest BCUT2D eigenvalue weighted by Crippen LogP contribution is 2.12. The van der Waals surface area contributed by atoms with Crippen molar-refractivity contribution in [3.8, 4) is 0 Å². The second-order valence-corrected chi connectivity index (χ2v) is 5.63. The molecule has 0 radical (unpaired) electrons. The van der Waals surface area contributed by atoms with Crippen molar-refractivity contribution in [3.05, 3.63) is 51.7 Å². The van der Waals surface area contributed by atoms with Gasteiger partial charge in [0.1, 0.15) is 0 Å². The Balaban J connectivity index is 1.91. The van der Waals surface area contributed by atoms with Crippen LogP contribution in [0.5, 0.6) is 0 Å². The van der Waals surface area contributed by atoms with E-state index < -0.39 is 4.92 Å². The molecule has 1 heterocycles. The number of nitrogens with zero attached hydrogens (tertiary/aromatic N) is 1. The molecule has 1 amide bonds. The van der Waals surface area contributed by atoms with Crippen molar-refractivity contribution < 1.29 is 14.6 Å². The van der Waals surface area contributed by atoms with Crippen LogP contribution >= 0.6 is 0 Å². The van der Waals surface area contributed by atoms with Crippen molar-refractivity contribution in [2.24, 2.45) is 0 Å². The smallest absolute Gasteiger partial charge is 0.270 e. The molecule has 0 spiro atoms. The van der Waals surface area contributed by atoms with Crippen molar-refractivity contribution in [1.29, 1.82) is 0 Å². The number of amides is 1. The molecule has 1 aromatic rings. The Morgan fingerprint density at radius 2 is 2.18 bits per heavy atom. The van der Waals surface area contributed by atoms with Crippen LogP contribution in [0.2, 0.25) is 0 Å². The van der Waals surface area contributed by atoms with Crippen molar-refractivity contribution in [2.45, 2.75) is 26.3 Å². The van der Waals surface area contributed by atoms with E-state index >= 15 is 0 Å². The summed E-state index contributed by atoms with van der Waals surface area (Å²) >= 11 is 0. The van der Waals surface area contributed by atoms with E-state index in [-0.39, 0.29) is 17.2 Å². The number of nitro benzene ring substituents is 1. The van der Waals surface area contributed by atoms with Gasteiger partial charge in [-0.25, -0.2) is 0 Å². The van der Waals surface area contributed by atoms with Gasteiger partial charge in [0.15, 0.2) is 0 Å². The van der Waals surface area contributed by atoms with Gasteiger partial charge in [0.25, 0.3) is 11.6 Å². The average molecular weight is 305 g/mol. The van der Waals surface area contributed by atoms with Gasteiger partial charge in [0, 0.05) is 29.8 Å². The molecule has 0 fully saturated rings. The number of quaternary nitrogens is 1. The minimum atomic E-state index is -0.517. The molecule has 1 aliphatic heterocycles. The number of non-ortho nitro benzene ring substituents is 1. The summed E-state index contributed by atoms with van der Waals surface area (Å²) in [4.78, 5) is 23.7. The van der Waals surface area contributed by atoms with Gasteiger partial charge >= 0.3 is 0 Å². The number of nitro groups is 1. The molecular weight excluding hydrogens is 284 g/mol. The number of hydrogen-bond donors (Lipinski definition) is 3. The Labute approximate surface area is 129 Å². The molecule has 118 valence electrons. The summed E-state index contributed by atoms with van der Waals surface area (Å²) in [6.45, 7) is 6.31. The third kappa shape index (κ3) is 4.05. The number of carbonyl (C=O) groups is 1. The third-order valence-corrected chi connectivity index (χ3v) is 3.80. The van der Waals surface area contributed by atoms with Gasteiger partial charge in [-0.3, -0.25) is 20.3 Å². The van der Waals surface area contributed by atoms with Crippen LogP contribution in [0, 0.1) is 10.1 Å². The summed E-state index contributed by atoms with van der Waals surface area (Å²) in [7, 11) is 0. The maximum Gasteiger partial charge on any atom is 0.270 e. The lowest BCUT2D eigenvalue weighted by molar-refractivity contribution is -0.917.